The molecule has 6 rings (SSSR count). The van der Waals surface area contributed by atoms with E-state index in [0.29, 0.717) is 65.8 Å². The van der Waals surface area contributed by atoms with E-state index in [1.54, 1.807) is 17.2 Å². The number of hydrogen-bond donors (Lipinski definition) is 1. The lowest BCUT2D eigenvalue weighted by atomic mass is 9.95. The predicted molar refractivity (Wildman–Crippen MR) is 166 cm³/mol. The molecule has 11 heteroatoms. The maximum absolute atomic E-state index is 16.7. The molecule has 0 unspecified atom stereocenters. The molecule has 4 heterocycles. The average molecular weight is 591 g/mol. The van der Waals surface area contributed by atoms with E-state index in [1.165, 1.54) is 6.08 Å². The van der Waals surface area contributed by atoms with Crippen LogP contribution in [-0.4, -0.2) is 107 Å². The van der Waals surface area contributed by atoms with Gasteiger partial charge in [-0.25, -0.2) is 14.4 Å². The van der Waals surface area contributed by atoms with Gasteiger partial charge in [-0.3, -0.25) is 9.89 Å². The number of aryl methyl sites for hydroxylation is 2. The summed E-state index contributed by atoms with van der Waals surface area (Å²) in [5.41, 5.74) is 3.00. The van der Waals surface area contributed by atoms with Gasteiger partial charge in [-0.1, -0.05) is 24.2 Å². The summed E-state index contributed by atoms with van der Waals surface area (Å²) in [4.78, 5) is 30.7. The Morgan fingerprint density at radius 3 is 2.57 bits per heavy atom. The minimum Gasteiger partial charge on any atom is -0.352 e. The molecule has 2 aromatic carbocycles. The van der Waals surface area contributed by atoms with Crippen molar-refractivity contribution in [2.24, 2.45) is 0 Å². The molecular formula is C31H36ClFN8O. The number of amides is 1. The van der Waals surface area contributed by atoms with Crippen LogP contribution in [0.3, 0.4) is 0 Å². The van der Waals surface area contributed by atoms with E-state index < -0.39 is 5.82 Å². The second kappa shape index (κ2) is 11.9. The number of likely N-dealkylation sites (N-methyl/N-ethyl adjacent to an activating group) is 1. The van der Waals surface area contributed by atoms with Crippen molar-refractivity contribution in [1.29, 1.82) is 0 Å². The first kappa shape index (κ1) is 28.5. The molecule has 2 aliphatic heterocycles. The summed E-state index contributed by atoms with van der Waals surface area (Å²) in [5.74, 6) is 0.723. The van der Waals surface area contributed by atoms with Crippen LogP contribution in [0.5, 0.6) is 0 Å². The Bertz CT molecular complexity index is 1640. The zero-order chi connectivity index (χ0) is 29.4. The molecule has 0 bridgehead atoms. The van der Waals surface area contributed by atoms with Crippen LogP contribution in [0.1, 0.15) is 17.8 Å². The average Bonchev–Trinajstić information content (AvgIpc) is 3.48. The largest absolute Gasteiger partial charge is 0.352 e. The first-order valence-electron chi connectivity index (χ1n) is 14.5. The number of carbonyl (C=O) groups is 1. The molecule has 0 radical (unpaired) electrons. The van der Waals surface area contributed by atoms with Gasteiger partial charge < -0.3 is 19.6 Å². The van der Waals surface area contributed by atoms with Crippen molar-refractivity contribution in [2.45, 2.75) is 19.8 Å². The highest BCUT2D eigenvalue weighted by atomic mass is 35.5. The minimum atomic E-state index is -0.460. The summed E-state index contributed by atoms with van der Waals surface area (Å²) < 4.78 is 16.7. The number of piperazine rings is 2. The number of nitrogens with zero attached hydrogens (tertiary/aromatic N) is 7. The topological polar surface area (TPSA) is 84.5 Å². The molecule has 9 nitrogen and oxygen atoms in total. The van der Waals surface area contributed by atoms with Crippen LogP contribution in [0.25, 0.3) is 32.9 Å². The lowest BCUT2D eigenvalue weighted by molar-refractivity contribution is -0.126. The first-order valence-corrected chi connectivity index (χ1v) is 14.9. The van der Waals surface area contributed by atoms with E-state index in [9.17, 15) is 4.79 Å². The van der Waals surface area contributed by atoms with Gasteiger partial charge in [0, 0.05) is 80.7 Å². The molecule has 220 valence electrons. The number of halogens is 2. The number of anilines is 1. The van der Waals surface area contributed by atoms with Crippen LogP contribution in [0, 0.1) is 12.7 Å². The van der Waals surface area contributed by atoms with Crippen molar-refractivity contribution in [2.75, 3.05) is 70.9 Å². The van der Waals surface area contributed by atoms with Crippen molar-refractivity contribution in [1.82, 2.24) is 34.9 Å². The van der Waals surface area contributed by atoms with E-state index >= 15 is 4.39 Å². The Morgan fingerprint density at radius 1 is 1.07 bits per heavy atom. The third-order valence-electron chi connectivity index (χ3n) is 8.53. The maximum atomic E-state index is 16.7. The number of H-pyrrole nitrogens is 1. The normalized spacial score (nSPS) is 17.0. The lowest BCUT2D eigenvalue weighted by Crippen LogP contribution is -2.48. The molecule has 1 N–H and O–H groups in total. The molecule has 1 amide bonds. The van der Waals surface area contributed by atoms with Crippen molar-refractivity contribution >= 4 is 45.1 Å². The smallest absolute Gasteiger partial charge is 0.246 e. The molecule has 0 saturated carbocycles. The highest BCUT2D eigenvalue weighted by Gasteiger charge is 2.27. The van der Waals surface area contributed by atoms with E-state index in [-0.39, 0.29) is 11.4 Å². The van der Waals surface area contributed by atoms with Gasteiger partial charge in [0.15, 0.2) is 5.82 Å². The number of fused-ring (bicyclic) bond motifs is 2. The molecule has 2 saturated heterocycles. The van der Waals surface area contributed by atoms with Crippen LogP contribution in [0.4, 0.5) is 10.2 Å². The van der Waals surface area contributed by atoms with Crippen molar-refractivity contribution in [3.8, 4) is 11.1 Å². The molecule has 0 spiro atoms. The van der Waals surface area contributed by atoms with Gasteiger partial charge in [0.2, 0.25) is 5.91 Å². The van der Waals surface area contributed by atoms with E-state index in [4.69, 9.17) is 21.6 Å². The summed E-state index contributed by atoms with van der Waals surface area (Å²) in [5, 5.41) is 8.83. The minimum absolute atomic E-state index is 0.0886. The monoisotopic (exact) mass is 590 g/mol. The van der Waals surface area contributed by atoms with Crippen LogP contribution in [0.2, 0.25) is 5.02 Å². The maximum Gasteiger partial charge on any atom is 0.246 e. The fourth-order valence-electron chi connectivity index (χ4n) is 6.07. The highest BCUT2D eigenvalue weighted by molar-refractivity contribution is 6.35. The quantitative estimate of drug-likeness (QED) is 0.322. The molecular weight excluding hydrogens is 555 g/mol. The van der Waals surface area contributed by atoms with Crippen LogP contribution >= 0.6 is 11.6 Å². The molecule has 2 aromatic heterocycles. The number of aromatic nitrogens is 4. The van der Waals surface area contributed by atoms with Crippen molar-refractivity contribution < 1.29 is 9.18 Å². The highest BCUT2D eigenvalue weighted by Crippen LogP contribution is 2.42. The van der Waals surface area contributed by atoms with Gasteiger partial charge in [0.05, 0.1) is 16.7 Å². The molecule has 42 heavy (non-hydrogen) atoms. The number of carbonyl (C=O) groups excluding carboxylic acids is 1. The molecule has 4 aromatic rings. The van der Waals surface area contributed by atoms with Gasteiger partial charge in [0.25, 0.3) is 0 Å². The van der Waals surface area contributed by atoms with Gasteiger partial charge in [-0.05, 0) is 50.7 Å². The summed E-state index contributed by atoms with van der Waals surface area (Å²) in [6, 6.07) is 5.66. The summed E-state index contributed by atoms with van der Waals surface area (Å²) in [6.07, 6.45) is 4.56. The summed E-state index contributed by atoms with van der Waals surface area (Å²) in [6.45, 7) is 12.9. The van der Waals surface area contributed by atoms with E-state index in [2.05, 4.69) is 38.5 Å². The Hall–Kier alpha value is -3.60. The summed E-state index contributed by atoms with van der Waals surface area (Å²) in [7, 11) is 2.15. The first-order chi connectivity index (χ1) is 20.3. The van der Waals surface area contributed by atoms with Crippen molar-refractivity contribution in [3.63, 3.8) is 0 Å². The fourth-order valence-corrected chi connectivity index (χ4v) is 6.35. The van der Waals surface area contributed by atoms with Gasteiger partial charge in [0.1, 0.15) is 17.2 Å². The number of nitrogens with one attached hydrogen (secondary N) is 1. The Balaban J connectivity index is 1.40. The zero-order valence-corrected chi connectivity index (χ0v) is 24.9. The predicted octanol–water partition coefficient (Wildman–Crippen LogP) is 4.29. The Labute approximate surface area is 249 Å². The van der Waals surface area contributed by atoms with Crippen LogP contribution in [-0.2, 0) is 11.2 Å². The van der Waals surface area contributed by atoms with Gasteiger partial charge >= 0.3 is 0 Å². The molecule has 0 aliphatic carbocycles. The number of hydrogen-bond acceptors (Lipinski definition) is 7. The third kappa shape index (κ3) is 5.46. The van der Waals surface area contributed by atoms with Gasteiger partial charge in [-0.15, -0.1) is 0 Å². The van der Waals surface area contributed by atoms with E-state index in [0.717, 1.165) is 55.6 Å². The lowest BCUT2D eigenvalue weighted by Gasteiger charge is -2.35. The standard InChI is InChI=1S/C31H36ClFN8O/c1-4-26(42)40-14-16-41(17-15-40)31-21-18-23(32)28(27-20(2)7-8-24-22(27)19-34-37-24)29(33)30(21)35-25(36-31)6-5-9-39-12-10-38(3)11-13-39/h4,7-8,18-19H,1,5-6,9-17H2,2-3H3,(H,34,37). The van der Waals surface area contributed by atoms with Crippen LogP contribution < -0.4 is 4.90 Å². The van der Waals surface area contributed by atoms with Crippen molar-refractivity contribution in [3.05, 3.63) is 59.3 Å². The summed E-state index contributed by atoms with van der Waals surface area (Å²) >= 11 is 6.88. The number of aromatic amines is 1. The van der Waals surface area contributed by atoms with Crippen LogP contribution in [0.15, 0.2) is 37.1 Å². The SMILES string of the molecule is C=CC(=O)N1CCN(c2nc(CCCN3CCN(C)CC3)nc3c(F)c(-c4c(C)ccc5[nH]ncc45)c(Cl)cc23)CC1. The van der Waals surface area contributed by atoms with Gasteiger partial charge in [-0.2, -0.15) is 5.10 Å². The second-order valence-electron chi connectivity index (χ2n) is 11.3. The number of benzene rings is 2. The number of rotatable bonds is 7. The van der Waals surface area contributed by atoms with E-state index in [1.807, 2.05) is 19.1 Å². The Morgan fingerprint density at radius 2 is 1.83 bits per heavy atom. The fraction of sp³-hybridized carbons (Fsp3) is 0.419. The second-order valence-corrected chi connectivity index (χ2v) is 11.7. The molecule has 2 aliphatic rings. The zero-order valence-electron chi connectivity index (χ0n) is 24.2. The Kier molecular flexibility index (Phi) is 8.11. The molecule has 2 fully saturated rings. The third-order valence-corrected chi connectivity index (χ3v) is 8.83. The molecule has 0 atom stereocenters.